The molecule has 3 aromatic rings. The van der Waals surface area contributed by atoms with Crippen molar-refractivity contribution in [1.82, 2.24) is 9.88 Å². The molecule has 7 nitrogen and oxygen atoms in total. The number of carboxylic acids is 1. The number of sulfonamides is 1. The molecule has 0 spiro atoms. The van der Waals surface area contributed by atoms with Gasteiger partial charge in [-0.15, -0.1) is 0 Å². The van der Waals surface area contributed by atoms with Gasteiger partial charge >= 0.3 is 5.97 Å². The van der Waals surface area contributed by atoms with Crippen molar-refractivity contribution in [3.63, 3.8) is 0 Å². The van der Waals surface area contributed by atoms with Crippen LogP contribution in [0.15, 0.2) is 64.0 Å². The number of aromatic carboxylic acids is 1. The highest BCUT2D eigenvalue weighted by Gasteiger charge is 2.29. The van der Waals surface area contributed by atoms with E-state index in [1.807, 2.05) is 0 Å². The molecule has 0 saturated heterocycles. The van der Waals surface area contributed by atoms with Gasteiger partial charge in [0.05, 0.1) is 16.5 Å². The Morgan fingerprint density at radius 2 is 1.78 bits per heavy atom. The zero-order valence-corrected chi connectivity index (χ0v) is 14.9. The molecule has 1 heterocycles. The molecule has 2 N–H and O–H groups in total. The van der Waals surface area contributed by atoms with E-state index in [9.17, 15) is 22.7 Å². The molecule has 0 aliphatic carbocycles. The van der Waals surface area contributed by atoms with Gasteiger partial charge in [0.25, 0.3) is 0 Å². The summed E-state index contributed by atoms with van der Waals surface area (Å²) in [5.74, 6) is -2.35. The van der Waals surface area contributed by atoms with Crippen molar-refractivity contribution in [1.29, 1.82) is 0 Å². The van der Waals surface area contributed by atoms with Crippen LogP contribution in [0.25, 0.3) is 11.3 Å². The SMILES string of the molecule is C[C@@H](NS(=O)(=O)c1ccccc1)c1c(-c2ccc(F)cc2)noc1C(=O)O. The maximum atomic E-state index is 13.2. The number of hydrogen-bond donors (Lipinski definition) is 2. The molecule has 1 aromatic heterocycles. The van der Waals surface area contributed by atoms with Crippen molar-refractivity contribution in [2.75, 3.05) is 0 Å². The molecule has 2 aromatic carbocycles. The van der Waals surface area contributed by atoms with Crippen LogP contribution in [-0.2, 0) is 10.0 Å². The Labute approximate surface area is 154 Å². The van der Waals surface area contributed by atoms with Crippen molar-refractivity contribution >= 4 is 16.0 Å². The van der Waals surface area contributed by atoms with Gasteiger partial charge in [-0.25, -0.2) is 22.3 Å². The van der Waals surface area contributed by atoms with Gasteiger partial charge in [-0.3, -0.25) is 0 Å². The summed E-state index contributed by atoms with van der Waals surface area (Å²) in [7, 11) is -3.91. The molecular formula is C18H15FN2O5S. The van der Waals surface area contributed by atoms with Gasteiger partial charge < -0.3 is 9.63 Å². The Morgan fingerprint density at radius 1 is 1.15 bits per heavy atom. The van der Waals surface area contributed by atoms with Crippen LogP contribution in [0.2, 0.25) is 0 Å². The van der Waals surface area contributed by atoms with Crippen molar-refractivity contribution in [2.45, 2.75) is 17.9 Å². The third-order valence-corrected chi connectivity index (χ3v) is 5.41. The molecule has 0 fully saturated rings. The molecule has 140 valence electrons. The van der Waals surface area contributed by atoms with E-state index in [1.165, 1.54) is 43.3 Å². The molecule has 0 aliphatic heterocycles. The lowest BCUT2D eigenvalue weighted by atomic mass is 10.0. The van der Waals surface area contributed by atoms with Crippen LogP contribution >= 0.6 is 0 Å². The molecule has 27 heavy (non-hydrogen) atoms. The zero-order valence-electron chi connectivity index (χ0n) is 14.1. The third-order valence-electron chi connectivity index (χ3n) is 3.86. The Kier molecular flexibility index (Phi) is 5.06. The van der Waals surface area contributed by atoms with Crippen molar-refractivity contribution in [2.24, 2.45) is 0 Å². The first-order valence-electron chi connectivity index (χ1n) is 7.86. The van der Waals surface area contributed by atoms with Gasteiger partial charge in [0.2, 0.25) is 15.8 Å². The van der Waals surface area contributed by atoms with E-state index in [2.05, 4.69) is 9.88 Å². The highest BCUT2D eigenvalue weighted by atomic mass is 32.2. The maximum absolute atomic E-state index is 13.2. The number of carbonyl (C=O) groups is 1. The molecule has 1 atom stereocenters. The van der Waals surface area contributed by atoms with Crippen LogP contribution in [-0.4, -0.2) is 24.7 Å². The van der Waals surface area contributed by atoms with E-state index in [0.29, 0.717) is 5.56 Å². The van der Waals surface area contributed by atoms with Crippen molar-refractivity contribution < 1.29 is 27.2 Å². The third kappa shape index (κ3) is 3.88. The van der Waals surface area contributed by atoms with Crippen LogP contribution in [0.3, 0.4) is 0 Å². The number of nitrogens with zero attached hydrogens (tertiary/aromatic N) is 1. The molecular weight excluding hydrogens is 375 g/mol. The molecule has 0 bridgehead atoms. The number of halogens is 1. The quantitative estimate of drug-likeness (QED) is 0.669. The number of nitrogens with one attached hydrogen (secondary N) is 1. The summed E-state index contributed by atoms with van der Waals surface area (Å²) in [4.78, 5) is 11.5. The summed E-state index contributed by atoms with van der Waals surface area (Å²) in [5, 5.41) is 13.1. The lowest BCUT2D eigenvalue weighted by Gasteiger charge is -2.15. The molecule has 0 amide bonds. The van der Waals surface area contributed by atoms with Gasteiger partial charge in [0.15, 0.2) is 0 Å². The first-order chi connectivity index (χ1) is 12.8. The highest BCUT2D eigenvalue weighted by Crippen LogP contribution is 2.31. The predicted molar refractivity (Wildman–Crippen MR) is 94.0 cm³/mol. The lowest BCUT2D eigenvalue weighted by Crippen LogP contribution is -2.28. The van der Waals surface area contributed by atoms with Crippen LogP contribution < -0.4 is 4.72 Å². The van der Waals surface area contributed by atoms with E-state index in [-0.39, 0.29) is 16.2 Å². The minimum Gasteiger partial charge on any atom is -0.475 e. The summed E-state index contributed by atoms with van der Waals surface area (Å²) in [6, 6.07) is 11.9. The fourth-order valence-corrected chi connectivity index (χ4v) is 3.86. The Balaban J connectivity index is 2.03. The van der Waals surface area contributed by atoms with Crippen molar-refractivity contribution in [3.05, 3.63) is 71.7 Å². The highest BCUT2D eigenvalue weighted by molar-refractivity contribution is 7.89. The minimum atomic E-state index is -3.91. The number of hydrogen-bond acceptors (Lipinski definition) is 5. The van der Waals surface area contributed by atoms with Crippen molar-refractivity contribution in [3.8, 4) is 11.3 Å². The largest absolute Gasteiger partial charge is 0.475 e. The zero-order chi connectivity index (χ0) is 19.6. The Hall–Kier alpha value is -3.04. The molecule has 9 heteroatoms. The van der Waals surface area contributed by atoms with E-state index >= 15 is 0 Å². The fourth-order valence-electron chi connectivity index (χ4n) is 2.63. The fraction of sp³-hybridized carbons (Fsp3) is 0.111. The summed E-state index contributed by atoms with van der Waals surface area (Å²) in [5.41, 5.74) is 0.567. The molecule has 3 rings (SSSR count). The molecule has 0 aliphatic rings. The number of benzene rings is 2. The summed E-state index contributed by atoms with van der Waals surface area (Å²) in [6.07, 6.45) is 0. The predicted octanol–water partition coefficient (Wildman–Crippen LogP) is 3.22. The number of aromatic nitrogens is 1. The average molecular weight is 390 g/mol. The van der Waals surface area contributed by atoms with E-state index < -0.39 is 33.6 Å². The second-order valence-corrected chi connectivity index (χ2v) is 7.46. The van der Waals surface area contributed by atoms with Gasteiger partial charge in [-0.2, -0.15) is 0 Å². The van der Waals surface area contributed by atoms with Crippen LogP contribution in [0.1, 0.15) is 29.1 Å². The minimum absolute atomic E-state index is 0.0357. The smallest absolute Gasteiger partial charge is 0.375 e. The second kappa shape index (κ2) is 7.29. The number of rotatable bonds is 6. The topological polar surface area (TPSA) is 110 Å². The Bertz CT molecular complexity index is 1060. The van der Waals surface area contributed by atoms with E-state index in [1.54, 1.807) is 18.2 Å². The van der Waals surface area contributed by atoms with Crippen LogP contribution in [0, 0.1) is 5.82 Å². The first kappa shape index (κ1) is 18.7. The second-order valence-electron chi connectivity index (χ2n) is 5.74. The summed E-state index contributed by atoms with van der Waals surface area (Å²) >= 11 is 0. The standard InChI is InChI=1S/C18H15FN2O5S/c1-11(21-27(24,25)14-5-3-2-4-6-14)15-16(20-26-17(15)18(22)23)12-7-9-13(19)10-8-12/h2-11,21H,1H3,(H,22,23)/t11-/m1/s1. The average Bonchev–Trinajstić information content (AvgIpc) is 3.08. The van der Waals surface area contributed by atoms with Crippen LogP contribution in [0.5, 0.6) is 0 Å². The summed E-state index contributed by atoms with van der Waals surface area (Å²) in [6.45, 7) is 1.48. The number of carboxylic acid groups (broad SMARTS) is 1. The molecule has 0 radical (unpaired) electrons. The Morgan fingerprint density at radius 3 is 2.37 bits per heavy atom. The lowest BCUT2D eigenvalue weighted by molar-refractivity contribution is 0.0649. The molecule has 0 saturated carbocycles. The van der Waals surface area contributed by atoms with Crippen LogP contribution in [0.4, 0.5) is 4.39 Å². The van der Waals surface area contributed by atoms with Gasteiger partial charge in [-0.1, -0.05) is 23.4 Å². The molecule has 0 unspecified atom stereocenters. The van der Waals surface area contributed by atoms with E-state index in [4.69, 9.17) is 4.52 Å². The first-order valence-corrected chi connectivity index (χ1v) is 9.34. The summed E-state index contributed by atoms with van der Waals surface area (Å²) < 4.78 is 45.6. The monoisotopic (exact) mass is 390 g/mol. The van der Waals surface area contributed by atoms with E-state index in [0.717, 1.165) is 0 Å². The van der Waals surface area contributed by atoms with Gasteiger partial charge in [-0.05, 0) is 43.3 Å². The normalized spacial score (nSPS) is 12.7. The van der Waals surface area contributed by atoms with Gasteiger partial charge in [0.1, 0.15) is 11.5 Å². The van der Waals surface area contributed by atoms with Gasteiger partial charge in [0, 0.05) is 5.56 Å². The maximum Gasteiger partial charge on any atom is 0.375 e.